The van der Waals surface area contributed by atoms with Gasteiger partial charge < -0.3 is 8.98 Å². The third-order valence-corrected chi connectivity index (χ3v) is 5.89. The Bertz CT molecular complexity index is 990. The number of hydrogen-bond acceptors (Lipinski definition) is 5. The number of nitrogens with zero attached hydrogens (tertiary/aromatic N) is 3. The first-order valence-corrected chi connectivity index (χ1v) is 9.69. The molecule has 0 bridgehead atoms. The van der Waals surface area contributed by atoms with Crippen molar-refractivity contribution in [2.24, 2.45) is 0 Å². The zero-order valence-corrected chi connectivity index (χ0v) is 15.4. The number of aromatic nitrogens is 3. The van der Waals surface area contributed by atoms with Crippen LogP contribution in [-0.4, -0.2) is 14.8 Å². The monoisotopic (exact) mass is 355 g/mol. The van der Waals surface area contributed by atoms with Crippen LogP contribution in [0.25, 0.3) is 11.0 Å². The number of fused-ring (bicyclic) bond motifs is 2. The molecular weight excluding hydrogens is 334 g/mol. The molecule has 5 nitrogen and oxygen atoms in total. The van der Waals surface area contributed by atoms with Gasteiger partial charge in [0.05, 0.1) is 0 Å². The van der Waals surface area contributed by atoms with Gasteiger partial charge in [-0.1, -0.05) is 18.2 Å². The van der Waals surface area contributed by atoms with Crippen LogP contribution in [0.5, 0.6) is 0 Å². The maximum atomic E-state index is 11.9. The molecule has 1 aromatic carbocycles. The molecule has 0 aliphatic carbocycles. The van der Waals surface area contributed by atoms with E-state index < -0.39 is 0 Å². The molecule has 0 N–H and O–H groups in total. The quantitative estimate of drug-likeness (QED) is 0.524. The SMILES string of the molecule is Cc1cc2oc(=O)cc(CSc3nnc4n3CCCCC4)c2cc1C. The van der Waals surface area contributed by atoms with E-state index in [1.54, 1.807) is 17.8 Å². The smallest absolute Gasteiger partial charge is 0.336 e. The third kappa shape index (κ3) is 3.23. The summed E-state index contributed by atoms with van der Waals surface area (Å²) in [7, 11) is 0. The molecule has 0 spiro atoms. The summed E-state index contributed by atoms with van der Waals surface area (Å²) in [4.78, 5) is 11.9. The van der Waals surface area contributed by atoms with Gasteiger partial charge in [0.15, 0.2) is 5.16 Å². The topological polar surface area (TPSA) is 60.9 Å². The number of thioether (sulfide) groups is 1. The molecule has 25 heavy (non-hydrogen) atoms. The minimum atomic E-state index is -0.300. The number of hydrogen-bond donors (Lipinski definition) is 0. The maximum absolute atomic E-state index is 11.9. The van der Waals surface area contributed by atoms with E-state index in [0.717, 1.165) is 40.5 Å². The molecule has 0 atom stereocenters. The Balaban J connectivity index is 1.66. The van der Waals surface area contributed by atoms with E-state index in [9.17, 15) is 4.79 Å². The molecule has 6 heteroatoms. The molecule has 0 amide bonds. The highest BCUT2D eigenvalue weighted by Gasteiger charge is 2.16. The van der Waals surface area contributed by atoms with Crippen LogP contribution in [-0.2, 0) is 18.7 Å². The zero-order chi connectivity index (χ0) is 17.4. The Morgan fingerprint density at radius 3 is 2.84 bits per heavy atom. The Kier molecular flexibility index (Phi) is 4.37. The summed E-state index contributed by atoms with van der Waals surface area (Å²) in [5.74, 6) is 1.77. The van der Waals surface area contributed by atoms with Gasteiger partial charge in [-0.3, -0.25) is 0 Å². The van der Waals surface area contributed by atoms with Gasteiger partial charge in [0.2, 0.25) is 0 Å². The largest absolute Gasteiger partial charge is 0.423 e. The van der Waals surface area contributed by atoms with Gasteiger partial charge in [-0.25, -0.2) is 4.79 Å². The third-order valence-electron chi connectivity index (χ3n) is 4.88. The fourth-order valence-electron chi connectivity index (χ4n) is 3.31. The lowest BCUT2D eigenvalue weighted by molar-refractivity contribution is 0.559. The van der Waals surface area contributed by atoms with Crippen LogP contribution in [0.4, 0.5) is 0 Å². The van der Waals surface area contributed by atoms with E-state index in [-0.39, 0.29) is 5.63 Å². The lowest BCUT2D eigenvalue weighted by Crippen LogP contribution is -2.03. The summed E-state index contributed by atoms with van der Waals surface area (Å²) in [5.41, 5.74) is 3.68. The van der Waals surface area contributed by atoms with Crippen molar-refractivity contribution in [3.8, 4) is 0 Å². The molecule has 0 unspecified atom stereocenters. The Hall–Kier alpha value is -2.08. The molecule has 3 aromatic rings. The average Bonchev–Trinajstić information content (AvgIpc) is 2.81. The van der Waals surface area contributed by atoms with E-state index in [2.05, 4.69) is 27.8 Å². The lowest BCUT2D eigenvalue weighted by Gasteiger charge is -2.09. The molecule has 2 aromatic heterocycles. The van der Waals surface area contributed by atoms with Gasteiger partial charge in [0, 0.05) is 30.2 Å². The second-order valence-corrected chi connectivity index (χ2v) is 7.62. The van der Waals surface area contributed by atoms with Gasteiger partial charge in [0.1, 0.15) is 11.4 Å². The lowest BCUT2D eigenvalue weighted by atomic mass is 10.0. The van der Waals surface area contributed by atoms with E-state index >= 15 is 0 Å². The van der Waals surface area contributed by atoms with E-state index in [4.69, 9.17) is 4.42 Å². The van der Waals surface area contributed by atoms with Crippen molar-refractivity contribution in [3.63, 3.8) is 0 Å². The molecule has 0 saturated heterocycles. The predicted molar refractivity (Wildman–Crippen MR) is 99.1 cm³/mol. The summed E-state index contributed by atoms with van der Waals surface area (Å²) in [6.07, 6.45) is 4.61. The van der Waals surface area contributed by atoms with E-state index in [1.165, 1.54) is 24.8 Å². The normalized spacial score (nSPS) is 14.5. The van der Waals surface area contributed by atoms with Gasteiger partial charge in [-0.05, 0) is 55.5 Å². The molecular formula is C19H21N3O2S. The highest BCUT2D eigenvalue weighted by molar-refractivity contribution is 7.98. The number of rotatable bonds is 3. The summed E-state index contributed by atoms with van der Waals surface area (Å²) in [6.45, 7) is 5.09. The number of aryl methyl sites for hydroxylation is 3. The first kappa shape index (κ1) is 16.4. The summed E-state index contributed by atoms with van der Waals surface area (Å²) >= 11 is 1.65. The Morgan fingerprint density at radius 1 is 1.12 bits per heavy atom. The first-order valence-electron chi connectivity index (χ1n) is 8.70. The zero-order valence-electron chi connectivity index (χ0n) is 14.5. The molecule has 1 aliphatic heterocycles. The van der Waals surface area contributed by atoms with Gasteiger partial charge in [-0.2, -0.15) is 0 Å². The number of benzene rings is 1. The summed E-state index contributed by atoms with van der Waals surface area (Å²) in [5, 5.41) is 10.7. The van der Waals surface area contributed by atoms with Crippen molar-refractivity contribution < 1.29 is 4.42 Å². The highest BCUT2D eigenvalue weighted by atomic mass is 32.2. The summed E-state index contributed by atoms with van der Waals surface area (Å²) in [6, 6.07) is 5.65. The van der Waals surface area contributed by atoms with Crippen LogP contribution in [0.3, 0.4) is 0 Å². The van der Waals surface area contributed by atoms with Crippen LogP contribution >= 0.6 is 11.8 Å². The molecule has 1 aliphatic rings. The second-order valence-electron chi connectivity index (χ2n) is 6.67. The predicted octanol–water partition coefficient (Wildman–Crippen LogP) is 4.02. The highest BCUT2D eigenvalue weighted by Crippen LogP contribution is 2.28. The molecule has 0 fully saturated rings. The second kappa shape index (κ2) is 6.67. The standard InChI is InChI=1S/C19H21N3O2S/c1-12-8-15-14(10-18(23)24-16(15)9-13(12)2)11-25-19-21-20-17-6-4-3-5-7-22(17)19/h8-10H,3-7,11H2,1-2H3. The van der Waals surface area contributed by atoms with Crippen LogP contribution < -0.4 is 5.63 Å². The van der Waals surface area contributed by atoms with Crippen molar-refractivity contribution in [1.29, 1.82) is 0 Å². The van der Waals surface area contributed by atoms with Crippen LogP contribution in [0.15, 0.2) is 32.6 Å². The van der Waals surface area contributed by atoms with Crippen molar-refractivity contribution in [3.05, 3.63) is 51.1 Å². The van der Waals surface area contributed by atoms with E-state index in [0.29, 0.717) is 11.3 Å². The van der Waals surface area contributed by atoms with Gasteiger partial charge in [-0.15, -0.1) is 10.2 Å². The average molecular weight is 355 g/mol. The summed E-state index contributed by atoms with van der Waals surface area (Å²) < 4.78 is 7.62. The van der Waals surface area contributed by atoms with Crippen LogP contribution in [0.2, 0.25) is 0 Å². The Labute approximate surface area is 150 Å². The van der Waals surface area contributed by atoms with E-state index in [1.807, 2.05) is 13.0 Å². The maximum Gasteiger partial charge on any atom is 0.336 e. The molecule has 0 radical (unpaired) electrons. The Morgan fingerprint density at radius 2 is 1.96 bits per heavy atom. The van der Waals surface area contributed by atoms with Crippen LogP contribution in [0.1, 0.15) is 41.8 Å². The molecule has 3 heterocycles. The molecule has 0 saturated carbocycles. The van der Waals surface area contributed by atoms with Crippen molar-refractivity contribution in [2.75, 3.05) is 0 Å². The van der Waals surface area contributed by atoms with Gasteiger partial charge >= 0.3 is 5.63 Å². The van der Waals surface area contributed by atoms with Crippen LogP contribution in [0, 0.1) is 13.8 Å². The van der Waals surface area contributed by atoms with Crippen molar-refractivity contribution in [1.82, 2.24) is 14.8 Å². The van der Waals surface area contributed by atoms with Crippen molar-refractivity contribution in [2.45, 2.75) is 57.0 Å². The minimum Gasteiger partial charge on any atom is -0.423 e. The fourth-order valence-corrected chi connectivity index (χ4v) is 4.28. The molecule has 4 rings (SSSR count). The minimum absolute atomic E-state index is 0.300. The van der Waals surface area contributed by atoms with Gasteiger partial charge in [0.25, 0.3) is 0 Å². The van der Waals surface area contributed by atoms with Crippen molar-refractivity contribution >= 4 is 22.7 Å². The molecule has 130 valence electrons. The fraction of sp³-hybridized carbons (Fsp3) is 0.421. The first-order chi connectivity index (χ1) is 12.1.